The summed E-state index contributed by atoms with van der Waals surface area (Å²) >= 11 is 0. The summed E-state index contributed by atoms with van der Waals surface area (Å²) in [5.41, 5.74) is 0. The highest BCUT2D eigenvalue weighted by Crippen LogP contribution is 2.17. The molecular weight excluding hydrogens is 240 g/mol. The van der Waals surface area contributed by atoms with E-state index in [9.17, 15) is 13.2 Å². The minimum Gasteiger partial charge on any atom is -0.349 e. The van der Waals surface area contributed by atoms with Crippen molar-refractivity contribution in [2.75, 3.05) is 12.3 Å². The number of sulfone groups is 1. The second kappa shape index (κ2) is 4.78. The van der Waals surface area contributed by atoms with Crippen LogP contribution in [0.4, 0.5) is 0 Å². The highest BCUT2D eigenvalue weighted by Gasteiger charge is 2.28. The van der Waals surface area contributed by atoms with Crippen LogP contribution in [0.3, 0.4) is 0 Å². The van der Waals surface area contributed by atoms with Crippen LogP contribution >= 0.6 is 0 Å². The molecule has 0 radical (unpaired) electrons. The zero-order chi connectivity index (χ0) is 12.5. The Hall–Kier alpha value is -0.880. The van der Waals surface area contributed by atoms with Gasteiger partial charge in [-0.2, -0.15) is 0 Å². The van der Waals surface area contributed by atoms with E-state index in [0.717, 1.165) is 19.4 Å². The van der Waals surface area contributed by atoms with E-state index in [1.165, 1.54) is 5.41 Å². The Morgan fingerprint density at radius 2 is 2.24 bits per heavy atom. The topological polar surface area (TPSA) is 75.3 Å². The van der Waals surface area contributed by atoms with E-state index in [-0.39, 0.29) is 23.6 Å². The summed E-state index contributed by atoms with van der Waals surface area (Å²) in [6.07, 6.45) is 3.19. The molecule has 17 heavy (non-hydrogen) atoms. The highest BCUT2D eigenvalue weighted by molar-refractivity contribution is 7.94. The second-order valence-electron chi connectivity index (χ2n) is 4.85. The summed E-state index contributed by atoms with van der Waals surface area (Å²) in [4.78, 5) is 11.9. The fourth-order valence-corrected chi connectivity index (χ4v) is 3.57. The number of piperidine rings is 1. The molecule has 0 bridgehead atoms. The standard InChI is InChI=1S/C11H18N2O3S/c1-8-6-9(2-4-12-8)11(14)13-10-3-5-17(15,16)7-10/h3,5,8-10,12H,2,4,6-7H2,1H3,(H,13,14). The van der Waals surface area contributed by atoms with Crippen molar-refractivity contribution in [3.05, 3.63) is 11.5 Å². The van der Waals surface area contributed by atoms with Crippen LogP contribution in [0.15, 0.2) is 11.5 Å². The van der Waals surface area contributed by atoms with Crippen LogP contribution in [0.1, 0.15) is 19.8 Å². The fraction of sp³-hybridized carbons (Fsp3) is 0.727. The molecule has 0 spiro atoms. The fourth-order valence-electron chi connectivity index (χ4n) is 2.34. The van der Waals surface area contributed by atoms with Crippen molar-refractivity contribution in [3.8, 4) is 0 Å². The van der Waals surface area contributed by atoms with Crippen molar-refractivity contribution in [1.82, 2.24) is 10.6 Å². The van der Waals surface area contributed by atoms with E-state index >= 15 is 0 Å². The molecule has 2 aliphatic heterocycles. The van der Waals surface area contributed by atoms with Gasteiger partial charge in [-0.1, -0.05) is 0 Å². The molecule has 96 valence electrons. The minimum atomic E-state index is -3.09. The van der Waals surface area contributed by atoms with E-state index in [1.54, 1.807) is 6.08 Å². The summed E-state index contributed by atoms with van der Waals surface area (Å²) in [5.74, 6) is -0.0211. The number of hydrogen-bond donors (Lipinski definition) is 2. The van der Waals surface area contributed by atoms with E-state index < -0.39 is 9.84 Å². The molecule has 0 saturated carbocycles. The highest BCUT2D eigenvalue weighted by atomic mass is 32.2. The van der Waals surface area contributed by atoms with Crippen LogP contribution in [0.25, 0.3) is 0 Å². The zero-order valence-electron chi connectivity index (χ0n) is 9.85. The number of carbonyl (C=O) groups excluding carboxylic acids is 1. The Morgan fingerprint density at radius 3 is 2.82 bits per heavy atom. The summed E-state index contributed by atoms with van der Waals surface area (Å²) in [6, 6.07) is 0.0000413. The minimum absolute atomic E-state index is 0.000731. The first-order valence-corrected chi connectivity index (χ1v) is 7.62. The maximum atomic E-state index is 11.9. The molecule has 2 aliphatic rings. The molecular formula is C11H18N2O3S. The molecule has 1 fully saturated rings. The molecule has 0 aromatic heterocycles. The Bertz CT molecular complexity index is 430. The lowest BCUT2D eigenvalue weighted by molar-refractivity contribution is -0.126. The average molecular weight is 258 g/mol. The van der Waals surface area contributed by atoms with Crippen molar-refractivity contribution in [2.24, 2.45) is 5.92 Å². The number of carbonyl (C=O) groups is 1. The van der Waals surface area contributed by atoms with E-state index in [1.807, 2.05) is 0 Å². The Kier molecular flexibility index (Phi) is 3.53. The molecule has 5 nitrogen and oxygen atoms in total. The molecule has 1 saturated heterocycles. The van der Waals surface area contributed by atoms with Crippen LogP contribution in [-0.2, 0) is 14.6 Å². The molecule has 1 amide bonds. The molecule has 3 unspecified atom stereocenters. The smallest absolute Gasteiger partial charge is 0.223 e. The van der Waals surface area contributed by atoms with Gasteiger partial charge in [-0.15, -0.1) is 0 Å². The largest absolute Gasteiger partial charge is 0.349 e. The number of nitrogens with one attached hydrogen (secondary N) is 2. The van der Waals surface area contributed by atoms with Crippen molar-refractivity contribution in [2.45, 2.75) is 31.8 Å². The van der Waals surface area contributed by atoms with Gasteiger partial charge in [-0.05, 0) is 32.4 Å². The van der Waals surface area contributed by atoms with Gasteiger partial charge in [0.05, 0.1) is 11.8 Å². The molecule has 2 heterocycles. The maximum Gasteiger partial charge on any atom is 0.223 e. The lowest BCUT2D eigenvalue weighted by Gasteiger charge is -2.27. The summed E-state index contributed by atoms with van der Waals surface area (Å²) < 4.78 is 22.4. The molecule has 2 rings (SSSR count). The van der Waals surface area contributed by atoms with Crippen LogP contribution in [0.2, 0.25) is 0 Å². The van der Waals surface area contributed by atoms with E-state index in [2.05, 4.69) is 17.6 Å². The SMILES string of the molecule is CC1CC(C(=O)NC2C=CS(=O)(=O)C2)CCN1. The molecule has 3 atom stereocenters. The third-order valence-electron chi connectivity index (χ3n) is 3.25. The zero-order valence-corrected chi connectivity index (χ0v) is 10.7. The summed E-state index contributed by atoms with van der Waals surface area (Å²) in [6.45, 7) is 2.90. The molecule has 0 aromatic carbocycles. The Morgan fingerprint density at radius 1 is 1.47 bits per heavy atom. The lowest BCUT2D eigenvalue weighted by atomic mass is 9.92. The maximum absolute atomic E-state index is 11.9. The monoisotopic (exact) mass is 258 g/mol. The van der Waals surface area contributed by atoms with Crippen LogP contribution in [0.5, 0.6) is 0 Å². The van der Waals surface area contributed by atoms with Gasteiger partial charge >= 0.3 is 0 Å². The third kappa shape index (κ3) is 3.29. The van der Waals surface area contributed by atoms with Crippen LogP contribution < -0.4 is 10.6 Å². The van der Waals surface area contributed by atoms with Gasteiger partial charge in [-0.3, -0.25) is 4.79 Å². The molecule has 0 aliphatic carbocycles. The van der Waals surface area contributed by atoms with Crippen LogP contribution in [-0.4, -0.2) is 38.7 Å². The average Bonchev–Trinajstić information content (AvgIpc) is 2.58. The van der Waals surface area contributed by atoms with Crippen molar-refractivity contribution >= 4 is 15.7 Å². The van der Waals surface area contributed by atoms with Crippen molar-refractivity contribution in [1.29, 1.82) is 0 Å². The van der Waals surface area contributed by atoms with Gasteiger partial charge in [0.2, 0.25) is 5.91 Å². The molecule has 0 aromatic rings. The summed E-state index contributed by atoms with van der Waals surface area (Å²) in [5, 5.41) is 7.26. The van der Waals surface area contributed by atoms with Gasteiger partial charge in [0.25, 0.3) is 0 Å². The van der Waals surface area contributed by atoms with Crippen molar-refractivity contribution in [3.63, 3.8) is 0 Å². The molecule has 2 N–H and O–H groups in total. The van der Waals surface area contributed by atoms with Crippen molar-refractivity contribution < 1.29 is 13.2 Å². The Balaban J connectivity index is 1.87. The van der Waals surface area contributed by atoms with Gasteiger partial charge in [-0.25, -0.2) is 8.42 Å². The summed E-state index contributed by atoms with van der Waals surface area (Å²) in [7, 11) is -3.09. The van der Waals surface area contributed by atoms with Gasteiger partial charge in [0.1, 0.15) is 0 Å². The van der Waals surface area contributed by atoms with E-state index in [4.69, 9.17) is 0 Å². The van der Waals surface area contributed by atoms with E-state index in [0.29, 0.717) is 6.04 Å². The predicted octanol–water partition coefficient (Wildman–Crippen LogP) is -0.199. The number of amides is 1. The normalized spacial score (nSPS) is 35.7. The second-order valence-corrected chi connectivity index (χ2v) is 6.78. The third-order valence-corrected chi connectivity index (χ3v) is 4.65. The quantitative estimate of drug-likeness (QED) is 0.719. The predicted molar refractivity (Wildman–Crippen MR) is 65.0 cm³/mol. The molecule has 6 heteroatoms. The van der Waals surface area contributed by atoms with Gasteiger partial charge in [0.15, 0.2) is 9.84 Å². The lowest BCUT2D eigenvalue weighted by Crippen LogP contribution is -2.45. The first-order valence-electron chi connectivity index (χ1n) is 5.91. The number of rotatable bonds is 2. The van der Waals surface area contributed by atoms with Gasteiger partial charge < -0.3 is 10.6 Å². The van der Waals surface area contributed by atoms with Crippen LogP contribution in [0, 0.1) is 5.92 Å². The number of hydrogen-bond acceptors (Lipinski definition) is 4. The Labute approximate surface area is 102 Å². The first-order chi connectivity index (χ1) is 7.96. The van der Waals surface area contributed by atoms with Gasteiger partial charge in [0, 0.05) is 17.4 Å². The first kappa shape index (κ1) is 12.6.